The Kier molecular flexibility index (Phi) is 6.23. The number of ether oxygens (including phenoxy) is 1. The second-order valence-electron chi connectivity index (χ2n) is 4.50. The van der Waals surface area contributed by atoms with Crippen LogP contribution in [0.4, 0.5) is 0 Å². The van der Waals surface area contributed by atoms with Gasteiger partial charge in [0.25, 0.3) is 0 Å². The summed E-state index contributed by atoms with van der Waals surface area (Å²) in [4.78, 5) is 0. The number of hydrogen-bond acceptors (Lipinski definition) is 2. The molecule has 1 aromatic rings. The summed E-state index contributed by atoms with van der Waals surface area (Å²) < 4.78 is 5.32. The molecule has 2 atom stereocenters. The summed E-state index contributed by atoms with van der Waals surface area (Å²) in [6, 6.07) is 8.45. The van der Waals surface area contributed by atoms with E-state index in [1.165, 1.54) is 11.1 Å². The Hall–Kier alpha value is -0.860. The third kappa shape index (κ3) is 4.49. The van der Waals surface area contributed by atoms with E-state index in [1.807, 2.05) is 0 Å². The fourth-order valence-electron chi connectivity index (χ4n) is 2.04. The van der Waals surface area contributed by atoms with Gasteiger partial charge in [-0.1, -0.05) is 44.5 Å². The minimum Gasteiger partial charge on any atom is -0.390 e. The second-order valence-corrected chi connectivity index (χ2v) is 4.50. The zero-order chi connectivity index (χ0) is 12.7. The average molecular weight is 236 g/mol. The van der Waals surface area contributed by atoms with Gasteiger partial charge in [-0.3, -0.25) is 0 Å². The van der Waals surface area contributed by atoms with Crippen molar-refractivity contribution in [2.24, 2.45) is 0 Å². The van der Waals surface area contributed by atoms with E-state index in [0.29, 0.717) is 6.42 Å². The first-order valence-electron chi connectivity index (χ1n) is 6.49. The number of methoxy groups -OCH3 is 1. The first kappa shape index (κ1) is 14.2. The second kappa shape index (κ2) is 7.46. The summed E-state index contributed by atoms with van der Waals surface area (Å²) in [5, 5.41) is 10.1. The van der Waals surface area contributed by atoms with Crippen LogP contribution in [0.15, 0.2) is 24.3 Å². The number of benzene rings is 1. The van der Waals surface area contributed by atoms with E-state index in [0.717, 1.165) is 19.3 Å². The van der Waals surface area contributed by atoms with E-state index < -0.39 is 6.10 Å². The predicted octanol–water partition coefficient (Wildman–Crippen LogP) is 2.97. The van der Waals surface area contributed by atoms with Gasteiger partial charge >= 0.3 is 0 Å². The van der Waals surface area contributed by atoms with E-state index in [-0.39, 0.29) is 6.10 Å². The molecule has 0 fully saturated rings. The summed E-state index contributed by atoms with van der Waals surface area (Å²) >= 11 is 0. The van der Waals surface area contributed by atoms with Crippen LogP contribution in [0, 0.1) is 0 Å². The molecule has 2 unspecified atom stereocenters. The van der Waals surface area contributed by atoms with Crippen LogP contribution in [0.1, 0.15) is 37.8 Å². The molecule has 1 N–H and O–H groups in total. The molecule has 0 heterocycles. The number of aryl methyl sites for hydroxylation is 1. The minimum absolute atomic E-state index is 0.0501. The lowest BCUT2D eigenvalue weighted by molar-refractivity contribution is -0.0159. The Morgan fingerprint density at radius 2 is 1.71 bits per heavy atom. The van der Waals surface area contributed by atoms with Gasteiger partial charge in [-0.15, -0.1) is 0 Å². The Labute approximate surface area is 105 Å². The molecule has 0 aromatic heterocycles. The molecule has 17 heavy (non-hydrogen) atoms. The SMILES string of the molecule is CCCC(OC)C(O)Cc1ccc(CC)cc1. The molecule has 2 heteroatoms. The lowest BCUT2D eigenvalue weighted by Crippen LogP contribution is -2.29. The van der Waals surface area contributed by atoms with Crippen LogP contribution in [0.5, 0.6) is 0 Å². The molecule has 0 spiro atoms. The van der Waals surface area contributed by atoms with Crippen molar-refractivity contribution in [2.75, 3.05) is 7.11 Å². The first-order chi connectivity index (χ1) is 8.21. The predicted molar refractivity (Wildman–Crippen MR) is 71.2 cm³/mol. The monoisotopic (exact) mass is 236 g/mol. The van der Waals surface area contributed by atoms with Crippen molar-refractivity contribution in [3.05, 3.63) is 35.4 Å². The van der Waals surface area contributed by atoms with E-state index in [9.17, 15) is 5.11 Å². The van der Waals surface area contributed by atoms with Gasteiger partial charge in [-0.05, 0) is 24.0 Å². The fourth-order valence-corrected chi connectivity index (χ4v) is 2.04. The van der Waals surface area contributed by atoms with Crippen molar-refractivity contribution < 1.29 is 9.84 Å². The smallest absolute Gasteiger partial charge is 0.0841 e. The maximum absolute atomic E-state index is 10.1. The molecule has 0 aliphatic carbocycles. The van der Waals surface area contributed by atoms with Crippen molar-refractivity contribution in [1.82, 2.24) is 0 Å². The third-order valence-corrected chi connectivity index (χ3v) is 3.18. The summed E-state index contributed by atoms with van der Waals surface area (Å²) in [6.45, 7) is 4.25. The molecule has 96 valence electrons. The van der Waals surface area contributed by atoms with E-state index in [1.54, 1.807) is 7.11 Å². The highest BCUT2D eigenvalue weighted by Gasteiger charge is 2.17. The molecule has 2 nitrogen and oxygen atoms in total. The van der Waals surface area contributed by atoms with E-state index >= 15 is 0 Å². The van der Waals surface area contributed by atoms with E-state index in [4.69, 9.17) is 4.74 Å². The zero-order valence-electron chi connectivity index (χ0n) is 11.1. The summed E-state index contributed by atoms with van der Waals surface area (Å²) in [7, 11) is 1.67. The van der Waals surface area contributed by atoms with Crippen LogP contribution in [-0.2, 0) is 17.6 Å². The van der Waals surface area contributed by atoms with Gasteiger partial charge in [0, 0.05) is 13.5 Å². The van der Waals surface area contributed by atoms with Crippen molar-refractivity contribution in [3.8, 4) is 0 Å². The Morgan fingerprint density at radius 3 is 2.18 bits per heavy atom. The molecular formula is C15H24O2. The maximum Gasteiger partial charge on any atom is 0.0841 e. The molecule has 0 aliphatic rings. The van der Waals surface area contributed by atoms with Crippen LogP contribution in [0.2, 0.25) is 0 Å². The van der Waals surface area contributed by atoms with Gasteiger partial charge in [0.15, 0.2) is 0 Å². The fraction of sp³-hybridized carbons (Fsp3) is 0.600. The first-order valence-corrected chi connectivity index (χ1v) is 6.49. The molecule has 0 amide bonds. The normalized spacial score (nSPS) is 14.6. The number of hydrogen-bond donors (Lipinski definition) is 1. The van der Waals surface area contributed by atoms with Crippen LogP contribution in [-0.4, -0.2) is 24.4 Å². The van der Waals surface area contributed by atoms with Crippen LogP contribution >= 0.6 is 0 Å². The lowest BCUT2D eigenvalue weighted by atomic mass is 10.00. The zero-order valence-corrected chi connectivity index (χ0v) is 11.1. The van der Waals surface area contributed by atoms with Crippen LogP contribution in [0.25, 0.3) is 0 Å². The van der Waals surface area contributed by atoms with Crippen molar-refractivity contribution in [2.45, 2.75) is 51.7 Å². The summed E-state index contributed by atoms with van der Waals surface area (Å²) in [6.07, 6.45) is 3.20. The molecular weight excluding hydrogens is 212 g/mol. The molecule has 1 rings (SSSR count). The largest absolute Gasteiger partial charge is 0.390 e. The Balaban J connectivity index is 2.56. The minimum atomic E-state index is -0.410. The van der Waals surface area contributed by atoms with Gasteiger partial charge in [0.1, 0.15) is 0 Å². The number of rotatable bonds is 7. The van der Waals surface area contributed by atoms with Gasteiger partial charge in [0.05, 0.1) is 12.2 Å². The highest BCUT2D eigenvalue weighted by Crippen LogP contribution is 2.13. The lowest BCUT2D eigenvalue weighted by Gasteiger charge is -2.21. The highest BCUT2D eigenvalue weighted by molar-refractivity contribution is 5.23. The number of aliphatic hydroxyl groups excluding tert-OH is 1. The van der Waals surface area contributed by atoms with E-state index in [2.05, 4.69) is 38.1 Å². The van der Waals surface area contributed by atoms with Gasteiger partial charge in [0.2, 0.25) is 0 Å². The molecule has 0 saturated heterocycles. The summed E-state index contributed by atoms with van der Waals surface area (Å²) in [5.41, 5.74) is 2.51. The van der Waals surface area contributed by atoms with Crippen LogP contribution < -0.4 is 0 Å². The third-order valence-electron chi connectivity index (χ3n) is 3.18. The van der Waals surface area contributed by atoms with Gasteiger partial charge in [-0.2, -0.15) is 0 Å². The molecule has 0 bridgehead atoms. The molecule has 0 aliphatic heterocycles. The quantitative estimate of drug-likeness (QED) is 0.788. The number of aliphatic hydroxyl groups is 1. The summed E-state index contributed by atoms with van der Waals surface area (Å²) in [5.74, 6) is 0. The van der Waals surface area contributed by atoms with Crippen LogP contribution in [0.3, 0.4) is 0 Å². The Morgan fingerprint density at radius 1 is 1.12 bits per heavy atom. The van der Waals surface area contributed by atoms with Gasteiger partial charge in [-0.25, -0.2) is 0 Å². The Bertz CT molecular complexity index is 305. The van der Waals surface area contributed by atoms with Crippen molar-refractivity contribution in [3.63, 3.8) is 0 Å². The average Bonchev–Trinajstić information content (AvgIpc) is 2.36. The standard InChI is InChI=1S/C15H24O2/c1-4-6-15(17-3)14(16)11-13-9-7-12(5-2)8-10-13/h7-10,14-16H,4-6,11H2,1-3H3. The highest BCUT2D eigenvalue weighted by atomic mass is 16.5. The molecule has 0 radical (unpaired) electrons. The van der Waals surface area contributed by atoms with Gasteiger partial charge < -0.3 is 9.84 Å². The topological polar surface area (TPSA) is 29.5 Å². The maximum atomic E-state index is 10.1. The molecule has 0 saturated carbocycles. The van der Waals surface area contributed by atoms with Crippen molar-refractivity contribution in [1.29, 1.82) is 0 Å². The van der Waals surface area contributed by atoms with Crippen molar-refractivity contribution >= 4 is 0 Å². The molecule has 1 aromatic carbocycles.